The molecule has 3 rings (SSSR count). The van der Waals surface area contributed by atoms with Crippen molar-refractivity contribution in [3.05, 3.63) is 54.1 Å². The van der Waals surface area contributed by atoms with E-state index >= 15 is 0 Å². The summed E-state index contributed by atoms with van der Waals surface area (Å²) in [6, 6.07) is 10.6. The molecule has 8 nitrogen and oxygen atoms in total. The van der Waals surface area contributed by atoms with E-state index < -0.39 is 38.4 Å². The lowest BCUT2D eigenvalue weighted by atomic mass is 10.2. The molecule has 0 spiro atoms. The van der Waals surface area contributed by atoms with Crippen LogP contribution in [-0.4, -0.2) is 38.7 Å². The number of para-hydroxylation sites is 2. The van der Waals surface area contributed by atoms with E-state index in [0.717, 1.165) is 24.3 Å². The van der Waals surface area contributed by atoms with Crippen LogP contribution in [0.15, 0.2) is 53.4 Å². The van der Waals surface area contributed by atoms with Crippen LogP contribution in [0.5, 0.6) is 11.5 Å². The third kappa shape index (κ3) is 4.03. The number of halogens is 2. The van der Waals surface area contributed by atoms with Crippen molar-refractivity contribution in [3.8, 4) is 11.5 Å². The summed E-state index contributed by atoms with van der Waals surface area (Å²) in [5.41, 5.74) is 4.25. The molecule has 2 amide bonds. The summed E-state index contributed by atoms with van der Waals surface area (Å²) >= 11 is 0. The summed E-state index contributed by atoms with van der Waals surface area (Å²) < 4.78 is 58.6. The monoisotopic (exact) mass is 412 g/mol. The molecule has 11 heteroatoms. The summed E-state index contributed by atoms with van der Waals surface area (Å²) in [7, 11) is -4.75. The molecule has 0 bridgehead atoms. The van der Waals surface area contributed by atoms with Crippen molar-refractivity contribution in [1.29, 1.82) is 0 Å². The van der Waals surface area contributed by atoms with Crippen LogP contribution in [-0.2, 0) is 14.6 Å². The van der Waals surface area contributed by atoms with Gasteiger partial charge in [0.1, 0.15) is 6.61 Å². The molecule has 1 aliphatic heterocycles. The van der Waals surface area contributed by atoms with E-state index in [0.29, 0.717) is 11.5 Å². The Kier molecular flexibility index (Phi) is 5.45. The molecule has 1 aliphatic rings. The van der Waals surface area contributed by atoms with Crippen LogP contribution in [0.3, 0.4) is 0 Å². The third-order valence-corrected chi connectivity index (χ3v) is 5.18. The summed E-state index contributed by atoms with van der Waals surface area (Å²) in [6.45, 7) is -0.0566. The Balaban J connectivity index is 1.58. The van der Waals surface area contributed by atoms with Crippen molar-refractivity contribution in [3.63, 3.8) is 0 Å². The second-order valence-corrected chi connectivity index (χ2v) is 7.56. The first-order valence-electron chi connectivity index (χ1n) is 7.90. The first kappa shape index (κ1) is 19.5. The number of hydrogen-bond acceptors (Lipinski definition) is 6. The normalized spacial score (nSPS) is 15.8. The van der Waals surface area contributed by atoms with Crippen LogP contribution in [0.4, 0.5) is 8.78 Å². The smallest absolute Gasteiger partial charge is 0.341 e. The summed E-state index contributed by atoms with van der Waals surface area (Å²) in [5, 5.41) is 0. The predicted octanol–water partition coefficient (Wildman–Crippen LogP) is 1.28. The highest BCUT2D eigenvalue weighted by Gasteiger charge is 2.28. The maximum absolute atomic E-state index is 12.5. The topological polar surface area (TPSA) is 111 Å². The van der Waals surface area contributed by atoms with Crippen molar-refractivity contribution in [1.82, 2.24) is 10.9 Å². The number of carbonyl (C=O) groups excluding carboxylic acids is 2. The van der Waals surface area contributed by atoms with E-state index in [1.54, 1.807) is 24.3 Å². The van der Waals surface area contributed by atoms with Gasteiger partial charge in [0.25, 0.3) is 11.8 Å². The minimum atomic E-state index is -4.75. The fraction of sp³-hybridized carbons (Fsp3) is 0.176. The van der Waals surface area contributed by atoms with Gasteiger partial charge in [0.15, 0.2) is 11.5 Å². The first-order valence-corrected chi connectivity index (χ1v) is 9.44. The number of benzene rings is 2. The zero-order valence-electron chi connectivity index (χ0n) is 14.1. The molecule has 0 unspecified atom stereocenters. The second-order valence-electron chi connectivity index (χ2n) is 5.64. The fourth-order valence-corrected chi connectivity index (χ4v) is 3.04. The Morgan fingerprint density at radius 2 is 1.64 bits per heavy atom. The van der Waals surface area contributed by atoms with E-state index in [2.05, 4.69) is 10.9 Å². The molecule has 0 radical (unpaired) electrons. The van der Waals surface area contributed by atoms with E-state index in [4.69, 9.17) is 9.47 Å². The van der Waals surface area contributed by atoms with Crippen molar-refractivity contribution in [2.75, 3.05) is 6.61 Å². The van der Waals surface area contributed by atoms with Crippen molar-refractivity contribution in [2.45, 2.75) is 16.8 Å². The van der Waals surface area contributed by atoms with Crippen molar-refractivity contribution in [2.24, 2.45) is 0 Å². The fourth-order valence-electron chi connectivity index (χ4n) is 2.32. The van der Waals surface area contributed by atoms with Gasteiger partial charge in [0.05, 0.1) is 4.90 Å². The first-order chi connectivity index (χ1) is 13.3. The van der Waals surface area contributed by atoms with Gasteiger partial charge in [-0.1, -0.05) is 12.1 Å². The molecule has 148 valence electrons. The van der Waals surface area contributed by atoms with Crippen LogP contribution in [0, 0.1) is 0 Å². The Labute approximate surface area is 158 Å². The van der Waals surface area contributed by atoms with Crippen LogP contribution < -0.4 is 20.3 Å². The number of hydrogen-bond donors (Lipinski definition) is 2. The molecule has 0 saturated carbocycles. The number of rotatable bonds is 4. The lowest BCUT2D eigenvalue weighted by Gasteiger charge is -2.25. The third-order valence-electron chi connectivity index (χ3n) is 3.78. The van der Waals surface area contributed by atoms with Gasteiger partial charge in [0.2, 0.25) is 15.9 Å². The standard InChI is InChI=1S/C17H14F2N2O6S/c18-17(19)28(24,25)11-7-5-10(6-8-11)15(22)20-21-16(23)14-9-26-12-3-1-2-4-13(12)27-14/h1-8,14,17H,9H2,(H,20,22)(H,21,23)/t14-/m1/s1. The summed E-state index contributed by atoms with van der Waals surface area (Å²) in [5.74, 6) is -4.12. The van der Waals surface area contributed by atoms with Gasteiger partial charge in [-0.05, 0) is 36.4 Å². The molecule has 0 fully saturated rings. The molecule has 0 aliphatic carbocycles. The molecular weight excluding hydrogens is 398 g/mol. The minimum absolute atomic E-state index is 0.0420. The Morgan fingerprint density at radius 1 is 1.00 bits per heavy atom. The Morgan fingerprint density at radius 3 is 2.29 bits per heavy atom. The maximum Gasteiger partial charge on any atom is 0.341 e. The summed E-state index contributed by atoms with van der Waals surface area (Å²) in [6.07, 6.45) is -0.992. The number of hydrazine groups is 1. The highest BCUT2D eigenvalue weighted by atomic mass is 32.2. The molecule has 28 heavy (non-hydrogen) atoms. The number of amides is 2. The van der Waals surface area contributed by atoms with Crippen LogP contribution >= 0.6 is 0 Å². The average Bonchev–Trinajstić information content (AvgIpc) is 2.71. The highest BCUT2D eigenvalue weighted by Crippen LogP contribution is 2.30. The molecule has 2 aromatic carbocycles. The quantitative estimate of drug-likeness (QED) is 0.732. The van der Waals surface area contributed by atoms with Gasteiger partial charge in [-0.25, -0.2) is 8.42 Å². The number of carbonyl (C=O) groups is 2. The number of alkyl halides is 2. The zero-order valence-corrected chi connectivity index (χ0v) is 14.9. The molecule has 1 heterocycles. The average molecular weight is 412 g/mol. The zero-order chi connectivity index (χ0) is 20.3. The lowest BCUT2D eigenvalue weighted by Crippen LogP contribution is -2.50. The van der Waals surface area contributed by atoms with Crippen molar-refractivity contribution < 1.29 is 36.3 Å². The lowest BCUT2D eigenvalue weighted by molar-refractivity contribution is -0.131. The van der Waals surface area contributed by atoms with Gasteiger partial charge in [0, 0.05) is 5.56 Å². The molecule has 0 saturated heterocycles. The van der Waals surface area contributed by atoms with Crippen LogP contribution in [0.25, 0.3) is 0 Å². The molecular formula is C17H14F2N2O6S. The largest absolute Gasteiger partial charge is 0.485 e. The second kappa shape index (κ2) is 7.80. The Bertz CT molecular complexity index is 995. The van der Waals surface area contributed by atoms with E-state index in [-0.39, 0.29) is 12.2 Å². The van der Waals surface area contributed by atoms with Gasteiger partial charge >= 0.3 is 5.76 Å². The predicted molar refractivity (Wildman–Crippen MR) is 91.6 cm³/mol. The van der Waals surface area contributed by atoms with E-state index in [9.17, 15) is 26.8 Å². The number of nitrogens with one attached hydrogen (secondary N) is 2. The van der Waals surface area contributed by atoms with Crippen LogP contribution in [0.1, 0.15) is 10.4 Å². The molecule has 2 N–H and O–H groups in total. The minimum Gasteiger partial charge on any atom is -0.485 e. The van der Waals surface area contributed by atoms with Gasteiger partial charge < -0.3 is 9.47 Å². The Hall–Kier alpha value is -3.21. The summed E-state index contributed by atoms with van der Waals surface area (Å²) in [4.78, 5) is 23.5. The van der Waals surface area contributed by atoms with E-state index in [1.165, 1.54) is 0 Å². The van der Waals surface area contributed by atoms with Crippen molar-refractivity contribution >= 4 is 21.7 Å². The van der Waals surface area contributed by atoms with Gasteiger partial charge in [-0.3, -0.25) is 20.4 Å². The van der Waals surface area contributed by atoms with Gasteiger partial charge in [-0.15, -0.1) is 0 Å². The highest BCUT2D eigenvalue weighted by molar-refractivity contribution is 7.91. The van der Waals surface area contributed by atoms with Gasteiger partial charge in [-0.2, -0.15) is 8.78 Å². The van der Waals surface area contributed by atoms with E-state index in [1.807, 2.05) is 0 Å². The molecule has 1 atom stereocenters. The molecule has 0 aromatic heterocycles. The SMILES string of the molecule is O=C(NNC(=O)[C@H]1COc2ccccc2O1)c1ccc(S(=O)(=O)C(F)F)cc1. The maximum atomic E-state index is 12.5. The number of sulfone groups is 1. The molecule has 2 aromatic rings. The number of fused-ring (bicyclic) bond motifs is 1. The van der Waals surface area contributed by atoms with Crippen LogP contribution in [0.2, 0.25) is 0 Å². The number of ether oxygens (including phenoxy) is 2.